The Hall–Kier alpha value is -3.17. The topological polar surface area (TPSA) is 75.0 Å². The summed E-state index contributed by atoms with van der Waals surface area (Å²) >= 11 is 1.45. The molecule has 0 radical (unpaired) electrons. The molecular formula is C22H19N3O2S. The standard InChI is InChI=1S/C22H19N3O2S/c1-27-18-10-6-5-9-16(18)20(26)25-21-24-17-11-12-22(14-23,13-19(17)28-21)15-7-3-2-4-8-15/h2-10H,11-13H2,1H3,(H,24,25,26)/t22-/m1/s1. The second-order valence-electron chi connectivity index (χ2n) is 6.78. The van der Waals surface area contributed by atoms with Crippen LogP contribution >= 0.6 is 11.3 Å². The molecule has 0 saturated heterocycles. The predicted octanol–water partition coefficient (Wildman–Crippen LogP) is 4.35. The molecule has 5 nitrogen and oxygen atoms in total. The molecule has 0 fully saturated rings. The molecule has 0 bridgehead atoms. The third kappa shape index (κ3) is 3.25. The van der Waals surface area contributed by atoms with Gasteiger partial charge in [-0.3, -0.25) is 10.1 Å². The van der Waals surface area contributed by atoms with Gasteiger partial charge in [0, 0.05) is 11.3 Å². The number of nitrogens with zero attached hydrogens (tertiary/aromatic N) is 2. The largest absolute Gasteiger partial charge is 0.496 e. The number of benzene rings is 2. The molecule has 1 heterocycles. The Morgan fingerprint density at radius 1 is 1.21 bits per heavy atom. The zero-order chi connectivity index (χ0) is 19.6. The number of carbonyl (C=O) groups is 1. The number of anilines is 1. The van der Waals surface area contributed by atoms with Crippen LogP contribution in [-0.2, 0) is 18.3 Å². The maximum atomic E-state index is 12.6. The first-order valence-electron chi connectivity index (χ1n) is 9.05. The van der Waals surface area contributed by atoms with E-state index in [9.17, 15) is 10.1 Å². The fraction of sp³-hybridized carbons (Fsp3) is 0.227. The summed E-state index contributed by atoms with van der Waals surface area (Å²) in [5.41, 5.74) is 1.94. The second kappa shape index (κ2) is 7.45. The molecule has 2 aromatic carbocycles. The van der Waals surface area contributed by atoms with Crippen LogP contribution in [0.1, 0.15) is 32.9 Å². The molecule has 1 aromatic heterocycles. The maximum absolute atomic E-state index is 12.6. The molecule has 1 aliphatic rings. The van der Waals surface area contributed by atoms with Gasteiger partial charge in [-0.15, -0.1) is 11.3 Å². The van der Waals surface area contributed by atoms with Gasteiger partial charge in [-0.25, -0.2) is 4.98 Å². The molecule has 0 spiro atoms. The molecule has 1 amide bonds. The Kier molecular flexibility index (Phi) is 4.84. The molecule has 1 N–H and O–H groups in total. The van der Waals surface area contributed by atoms with Gasteiger partial charge in [0.2, 0.25) is 0 Å². The number of carbonyl (C=O) groups excluding carboxylic acids is 1. The minimum absolute atomic E-state index is 0.252. The minimum Gasteiger partial charge on any atom is -0.496 e. The number of nitrogens with one attached hydrogen (secondary N) is 1. The summed E-state index contributed by atoms with van der Waals surface area (Å²) in [5, 5.41) is 13.4. The molecule has 1 aliphatic carbocycles. The normalized spacial score (nSPS) is 18.0. The van der Waals surface area contributed by atoms with Crippen LogP contribution in [0.25, 0.3) is 0 Å². The number of ether oxygens (including phenoxy) is 1. The molecule has 0 aliphatic heterocycles. The zero-order valence-electron chi connectivity index (χ0n) is 15.4. The Morgan fingerprint density at radius 3 is 2.71 bits per heavy atom. The number of fused-ring (bicyclic) bond motifs is 1. The van der Waals surface area contributed by atoms with Crippen LogP contribution in [0.3, 0.4) is 0 Å². The Balaban J connectivity index is 1.58. The molecular weight excluding hydrogens is 370 g/mol. The number of aromatic nitrogens is 1. The molecule has 6 heteroatoms. The summed E-state index contributed by atoms with van der Waals surface area (Å²) in [6, 6.07) is 19.6. The second-order valence-corrected chi connectivity index (χ2v) is 7.86. The molecule has 1 atom stereocenters. The van der Waals surface area contributed by atoms with E-state index in [1.54, 1.807) is 25.3 Å². The van der Waals surface area contributed by atoms with Crippen LogP contribution in [0, 0.1) is 11.3 Å². The predicted molar refractivity (Wildman–Crippen MR) is 109 cm³/mol. The number of amides is 1. The first-order chi connectivity index (χ1) is 13.6. The number of hydrogen-bond donors (Lipinski definition) is 1. The number of thiazole rings is 1. The molecule has 140 valence electrons. The maximum Gasteiger partial charge on any atom is 0.261 e. The van der Waals surface area contributed by atoms with E-state index in [2.05, 4.69) is 16.4 Å². The molecule has 0 saturated carbocycles. The monoisotopic (exact) mass is 389 g/mol. The Bertz CT molecular complexity index is 1060. The molecule has 28 heavy (non-hydrogen) atoms. The van der Waals surface area contributed by atoms with Gasteiger partial charge < -0.3 is 4.74 Å². The lowest BCUT2D eigenvalue weighted by atomic mass is 9.71. The fourth-order valence-electron chi connectivity index (χ4n) is 3.62. The van der Waals surface area contributed by atoms with Gasteiger partial charge in [0.1, 0.15) is 5.75 Å². The van der Waals surface area contributed by atoms with Crippen molar-refractivity contribution in [1.82, 2.24) is 4.98 Å². The van der Waals surface area contributed by atoms with E-state index in [1.165, 1.54) is 11.3 Å². The lowest BCUT2D eigenvalue weighted by Crippen LogP contribution is -2.31. The SMILES string of the molecule is COc1ccccc1C(=O)Nc1nc2c(s1)C[C@](C#N)(c1ccccc1)CC2. The summed E-state index contributed by atoms with van der Waals surface area (Å²) in [5.74, 6) is 0.270. The van der Waals surface area contributed by atoms with Gasteiger partial charge in [0.05, 0.1) is 29.9 Å². The van der Waals surface area contributed by atoms with E-state index >= 15 is 0 Å². The third-order valence-corrected chi connectivity index (χ3v) is 6.15. The average Bonchev–Trinajstić information content (AvgIpc) is 3.15. The highest BCUT2D eigenvalue weighted by atomic mass is 32.1. The van der Waals surface area contributed by atoms with Crippen molar-refractivity contribution in [3.8, 4) is 11.8 Å². The van der Waals surface area contributed by atoms with Crippen LogP contribution in [0.2, 0.25) is 0 Å². The van der Waals surface area contributed by atoms with Crippen molar-refractivity contribution in [2.45, 2.75) is 24.7 Å². The highest BCUT2D eigenvalue weighted by molar-refractivity contribution is 7.15. The van der Waals surface area contributed by atoms with Crippen LogP contribution < -0.4 is 10.1 Å². The highest BCUT2D eigenvalue weighted by Gasteiger charge is 2.38. The Morgan fingerprint density at radius 2 is 1.96 bits per heavy atom. The van der Waals surface area contributed by atoms with Crippen molar-refractivity contribution in [3.05, 3.63) is 76.3 Å². The van der Waals surface area contributed by atoms with Crippen molar-refractivity contribution < 1.29 is 9.53 Å². The molecule has 3 aromatic rings. The quantitative estimate of drug-likeness (QED) is 0.720. The van der Waals surface area contributed by atoms with Crippen molar-refractivity contribution in [1.29, 1.82) is 5.26 Å². The summed E-state index contributed by atoms with van der Waals surface area (Å²) in [4.78, 5) is 18.3. The van der Waals surface area contributed by atoms with E-state index < -0.39 is 5.41 Å². The fourth-order valence-corrected chi connectivity index (χ4v) is 4.74. The van der Waals surface area contributed by atoms with Gasteiger partial charge in [-0.2, -0.15) is 5.26 Å². The number of nitriles is 1. The Labute approximate surface area is 167 Å². The van der Waals surface area contributed by atoms with Crippen LogP contribution in [0.15, 0.2) is 54.6 Å². The van der Waals surface area contributed by atoms with Gasteiger partial charge >= 0.3 is 0 Å². The number of rotatable bonds is 4. The lowest BCUT2D eigenvalue weighted by molar-refractivity contribution is 0.102. The van der Waals surface area contributed by atoms with Crippen LogP contribution in [0.5, 0.6) is 5.75 Å². The van der Waals surface area contributed by atoms with Crippen molar-refractivity contribution in [2.75, 3.05) is 12.4 Å². The number of aryl methyl sites for hydroxylation is 1. The summed E-state index contributed by atoms with van der Waals surface area (Å²) < 4.78 is 5.26. The van der Waals surface area contributed by atoms with Gasteiger partial charge in [-0.1, -0.05) is 42.5 Å². The lowest BCUT2D eigenvalue weighted by Gasteiger charge is -2.30. The first kappa shape index (κ1) is 18.2. The third-order valence-electron chi connectivity index (χ3n) is 5.14. The zero-order valence-corrected chi connectivity index (χ0v) is 16.3. The van der Waals surface area contributed by atoms with E-state index in [0.717, 1.165) is 29.0 Å². The summed E-state index contributed by atoms with van der Waals surface area (Å²) in [7, 11) is 1.54. The average molecular weight is 389 g/mol. The van der Waals surface area contributed by atoms with Crippen LogP contribution in [0.4, 0.5) is 5.13 Å². The number of para-hydroxylation sites is 1. The number of hydrogen-bond acceptors (Lipinski definition) is 5. The number of methoxy groups -OCH3 is 1. The smallest absolute Gasteiger partial charge is 0.261 e. The van der Waals surface area contributed by atoms with Crippen LogP contribution in [-0.4, -0.2) is 18.0 Å². The van der Waals surface area contributed by atoms with Crippen molar-refractivity contribution in [2.24, 2.45) is 0 Å². The molecule has 4 rings (SSSR count). The minimum atomic E-state index is -0.537. The summed E-state index contributed by atoms with van der Waals surface area (Å²) in [6.07, 6.45) is 2.06. The van der Waals surface area contributed by atoms with Gasteiger partial charge in [-0.05, 0) is 30.5 Å². The van der Waals surface area contributed by atoms with E-state index in [0.29, 0.717) is 22.9 Å². The van der Waals surface area contributed by atoms with E-state index in [1.807, 2.05) is 36.4 Å². The highest BCUT2D eigenvalue weighted by Crippen LogP contribution is 2.41. The van der Waals surface area contributed by atoms with Gasteiger partial charge in [0.25, 0.3) is 5.91 Å². The van der Waals surface area contributed by atoms with Crippen molar-refractivity contribution in [3.63, 3.8) is 0 Å². The van der Waals surface area contributed by atoms with E-state index in [-0.39, 0.29) is 5.91 Å². The van der Waals surface area contributed by atoms with E-state index in [4.69, 9.17) is 4.74 Å². The summed E-state index contributed by atoms with van der Waals surface area (Å²) in [6.45, 7) is 0. The van der Waals surface area contributed by atoms with Gasteiger partial charge in [0.15, 0.2) is 5.13 Å². The first-order valence-corrected chi connectivity index (χ1v) is 9.86. The van der Waals surface area contributed by atoms with Crippen molar-refractivity contribution >= 4 is 22.4 Å². The molecule has 0 unspecified atom stereocenters.